The van der Waals surface area contributed by atoms with Crippen LogP contribution < -0.4 is 11.1 Å². The molecule has 220 valence electrons. The van der Waals surface area contributed by atoms with Crippen molar-refractivity contribution < 1.29 is 38.1 Å². The summed E-state index contributed by atoms with van der Waals surface area (Å²) < 4.78 is 40.1. The number of halogens is 3. The van der Waals surface area contributed by atoms with Crippen molar-refractivity contribution in [2.75, 3.05) is 0 Å². The number of carbonyl (C=O) groups excluding carboxylic acids is 2. The second kappa shape index (κ2) is 11.7. The van der Waals surface area contributed by atoms with Crippen LogP contribution in [0.25, 0.3) is 11.0 Å². The molecule has 1 aliphatic rings. The summed E-state index contributed by atoms with van der Waals surface area (Å²) in [6.45, 7) is 1.97. The van der Waals surface area contributed by atoms with Gasteiger partial charge in [-0.3, -0.25) is 14.6 Å². The zero-order valence-corrected chi connectivity index (χ0v) is 22.4. The Kier molecular flexibility index (Phi) is 8.67. The Hall–Kier alpha value is -3.61. The van der Waals surface area contributed by atoms with Gasteiger partial charge in [0.2, 0.25) is 0 Å². The summed E-state index contributed by atoms with van der Waals surface area (Å²) >= 11 is 0. The van der Waals surface area contributed by atoms with E-state index in [0.717, 1.165) is 12.1 Å². The molecule has 2 aromatic carbocycles. The van der Waals surface area contributed by atoms with Crippen molar-refractivity contribution >= 4 is 22.8 Å². The van der Waals surface area contributed by atoms with Crippen molar-refractivity contribution in [1.29, 1.82) is 0 Å². The monoisotopic (exact) mass is 574 g/mol. The molecule has 12 heteroatoms. The minimum absolute atomic E-state index is 0.0532. The van der Waals surface area contributed by atoms with E-state index in [4.69, 9.17) is 5.73 Å². The molecule has 41 heavy (non-hydrogen) atoms. The maximum absolute atomic E-state index is 13.4. The van der Waals surface area contributed by atoms with E-state index >= 15 is 0 Å². The van der Waals surface area contributed by atoms with E-state index in [2.05, 4.69) is 15.3 Å². The van der Waals surface area contributed by atoms with Crippen LogP contribution in [0, 0.1) is 5.92 Å². The normalized spacial score (nSPS) is 22.5. The number of fused-ring (bicyclic) bond motifs is 1. The first-order valence-electron chi connectivity index (χ1n) is 13.3. The number of alkyl halides is 3. The van der Waals surface area contributed by atoms with Crippen molar-refractivity contribution in [2.45, 2.75) is 75.0 Å². The van der Waals surface area contributed by atoms with Gasteiger partial charge in [-0.1, -0.05) is 37.3 Å². The predicted molar refractivity (Wildman–Crippen MR) is 143 cm³/mol. The lowest BCUT2D eigenvalue weighted by Crippen LogP contribution is -2.65. The van der Waals surface area contributed by atoms with Gasteiger partial charge in [-0.25, -0.2) is 4.98 Å². The minimum Gasteiger partial charge on any atom is -0.391 e. The highest BCUT2D eigenvalue weighted by molar-refractivity contribution is 5.94. The van der Waals surface area contributed by atoms with Crippen LogP contribution in [0.3, 0.4) is 0 Å². The summed E-state index contributed by atoms with van der Waals surface area (Å²) in [5, 5.41) is 36.6. The summed E-state index contributed by atoms with van der Waals surface area (Å²) in [6, 6.07) is 9.87. The summed E-state index contributed by atoms with van der Waals surface area (Å²) in [4.78, 5) is 34.2. The lowest BCUT2D eigenvalue weighted by atomic mass is 9.67. The number of aliphatic hydroxyl groups excluding tert-OH is 1. The van der Waals surface area contributed by atoms with Gasteiger partial charge in [-0.05, 0) is 61.8 Å². The molecule has 0 saturated heterocycles. The summed E-state index contributed by atoms with van der Waals surface area (Å²) in [5.74, 6) is -1.79. The lowest BCUT2D eigenvalue weighted by Gasteiger charge is -2.46. The first kappa shape index (κ1) is 30.4. The van der Waals surface area contributed by atoms with E-state index in [-0.39, 0.29) is 36.4 Å². The van der Waals surface area contributed by atoms with E-state index in [0.29, 0.717) is 23.9 Å². The van der Waals surface area contributed by atoms with E-state index in [1.54, 1.807) is 24.3 Å². The predicted octanol–water partition coefficient (Wildman–Crippen LogP) is 2.90. The Balaban J connectivity index is 1.65. The van der Waals surface area contributed by atoms with Gasteiger partial charge >= 0.3 is 6.18 Å². The van der Waals surface area contributed by atoms with Gasteiger partial charge in [-0.2, -0.15) is 13.2 Å². The van der Waals surface area contributed by atoms with Crippen LogP contribution in [0.1, 0.15) is 60.6 Å². The van der Waals surface area contributed by atoms with Crippen molar-refractivity contribution in [3.63, 3.8) is 0 Å². The number of para-hydroxylation sites is 2. The summed E-state index contributed by atoms with van der Waals surface area (Å²) in [6.07, 6.45) is -5.06. The van der Waals surface area contributed by atoms with Crippen LogP contribution in [0.5, 0.6) is 0 Å². The molecule has 3 atom stereocenters. The van der Waals surface area contributed by atoms with E-state index in [9.17, 15) is 38.1 Å². The molecule has 0 aliphatic heterocycles. The third-order valence-corrected chi connectivity index (χ3v) is 7.96. The number of nitrogens with zero attached hydrogens (tertiary/aromatic N) is 2. The van der Waals surface area contributed by atoms with Crippen molar-refractivity contribution in [1.82, 2.24) is 15.3 Å². The van der Waals surface area contributed by atoms with Gasteiger partial charge in [0.15, 0.2) is 5.60 Å². The fourth-order valence-electron chi connectivity index (χ4n) is 5.34. The first-order chi connectivity index (χ1) is 19.2. The second-order valence-corrected chi connectivity index (χ2v) is 10.9. The lowest BCUT2D eigenvalue weighted by molar-refractivity contribution is -0.193. The number of nitrogens with two attached hydrogens (primary N) is 1. The molecule has 0 spiro atoms. The van der Waals surface area contributed by atoms with Gasteiger partial charge in [0.25, 0.3) is 11.8 Å². The van der Waals surface area contributed by atoms with Crippen LogP contribution >= 0.6 is 0 Å². The summed E-state index contributed by atoms with van der Waals surface area (Å²) in [7, 11) is 0. The molecule has 6 N–H and O–H groups in total. The SMILES string of the molecule is CC1CCC(O)(C(O)(CC(O)C(Cc2cccc(C(F)(F)F)c2)NC(=O)c2cnc3ccccc3n2)C(N)=O)CC1. The number of hydrogen-bond acceptors (Lipinski definition) is 7. The third-order valence-electron chi connectivity index (χ3n) is 7.96. The zero-order chi connectivity index (χ0) is 30.0. The Morgan fingerprint density at radius 2 is 1.78 bits per heavy atom. The highest BCUT2D eigenvalue weighted by Gasteiger charge is 2.55. The molecule has 1 aliphatic carbocycles. The quantitative estimate of drug-likeness (QED) is 0.263. The molecule has 1 aromatic heterocycles. The van der Waals surface area contributed by atoms with E-state index in [1.165, 1.54) is 18.3 Å². The maximum atomic E-state index is 13.4. The van der Waals surface area contributed by atoms with Gasteiger partial charge in [-0.15, -0.1) is 0 Å². The van der Waals surface area contributed by atoms with Gasteiger partial charge in [0.05, 0.1) is 34.9 Å². The Labute approximate surface area is 234 Å². The molecule has 0 bridgehead atoms. The molecule has 1 fully saturated rings. The molecule has 3 aromatic rings. The average Bonchev–Trinajstić information content (AvgIpc) is 2.93. The first-order valence-corrected chi connectivity index (χ1v) is 13.3. The number of carbonyl (C=O) groups is 2. The molecule has 9 nitrogen and oxygen atoms in total. The zero-order valence-electron chi connectivity index (χ0n) is 22.4. The van der Waals surface area contributed by atoms with Gasteiger partial charge in [0, 0.05) is 6.42 Å². The molecule has 1 heterocycles. The number of nitrogens with one attached hydrogen (secondary N) is 1. The van der Waals surface area contributed by atoms with E-state index < -0.39 is 53.3 Å². The highest BCUT2D eigenvalue weighted by Crippen LogP contribution is 2.42. The molecule has 2 amide bonds. The molecule has 0 radical (unpaired) electrons. The standard InChI is InChI=1S/C29H33F3N4O5/c1-17-9-11-27(40,12-10-17)28(41,26(33)39)15-24(37)22(14-18-5-4-6-19(13-18)29(30,31)32)36-25(38)23-16-34-20-7-2-3-8-21(20)35-23/h2-8,13,16-17,22,24,37,40-41H,9-12,14-15H2,1H3,(H2,33,39)(H,36,38). The van der Waals surface area contributed by atoms with Crippen LogP contribution in [0.4, 0.5) is 13.2 Å². The minimum atomic E-state index is -4.62. The Morgan fingerprint density at radius 3 is 2.41 bits per heavy atom. The number of aromatic nitrogens is 2. The van der Waals surface area contributed by atoms with Crippen molar-refractivity contribution in [3.8, 4) is 0 Å². The number of primary amides is 1. The average molecular weight is 575 g/mol. The van der Waals surface area contributed by atoms with Crippen LogP contribution in [0.2, 0.25) is 0 Å². The van der Waals surface area contributed by atoms with Crippen LogP contribution in [0.15, 0.2) is 54.7 Å². The Morgan fingerprint density at radius 1 is 1.12 bits per heavy atom. The third kappa shape index (κ3) is 6.66. The van der Waals surface area contributed by atoms with Crippen molar-refractivity contribution in [2.24, 2.45) is 11.7 Å². The maximum Gasteiger partial charge on any atom is 0.416 e. The Bertz CT molecular complexity index is 1410. The number of hydrogen-bond donors (Lipinski definition) is 5. The number of aliphatic hydroxyl groups is 3. The second-order valence-electron chi connectivity index (χ2n) is 10.9. The number of rotatable bonds is 9. The molecular weight excluding hydrogens is 541 g/mol. The van der Waals surface area contributed by atoms with Crippen molar-refractivity contribution in [3.05, 3.63) is 71.5 Å². The van der Waals surface area contributed by atoms with Gasteiger partial charge < -0.3 is 26.4 Å². The topological polar surface area (TPSA) is 159 Å². The summed E-state index contributed by atoms with van der Waals surface area (Å²) in [5.41, 5.74) is 1.10. The number of benzene rings is 2. The van der Waals surface area contributed by atoms with Crippen LogP contribution in [-0.4, -0.2) is 60.4 Å². The molecule has 4 rings (SSSR count). The highest BCUT2D eigenvalue weighted by atomic mass is 19.4. The van der Waals surface area contributed by atoms with Crippen LogP contribution in [-0.2, 0) is 17.4 Å². The number of amides is 2. The molecular formula is C29H33F3N4O5. The molecule has 1 saturated carbocycles. The van der Waals surface area contributed by atoms with E-state index in [1.807, 2.05) is 6.92 Å². The van der Waals surface area contributed by atoms with Gasteiger partial charge in [0.1, 0.15) is 11.3 Å². The smallest absolute Gasteiger partial charge is 0.391 e. The largest absolute Gasteiger partial charge is 0.416 e. The fourth-order valence-corrected chi connectivity index (χ4v) is 5.34. The molecule has 3 unspecified atom stereocenters. The fraction of sp³-hybridized carbons (Fsp3) is 0.448.